The second-order valence-electron chi connectivity index (χ2n) is 6.59. The quantitative estimate of drug-likeness (QED) is 0.714. The van der Waals surface area contributed by atoms with Gasteiger partial charge in [-0.15, -0.1) is 11.3 Å². The van der Waals surface area contributed by atoms with Crippen LogP contribution in [0.5, 0.6) is 0 Å². The fourth-order valence-electron chi connectivity index (χ4n) is 3.17. The molecule has 0 spiro atoms. The molecule has 4 heterocycles. The Morgan fingerprint density at radius 3 is 2.85 bits per heavy atom. The number of furan rings is 1. The molecule has 1 N–H and O–H groups in total. The molecular formula is C19H21N3O2S2. The van der Waals surface area contributed by atoms with Crippen LogP contribution in [0.2, 0.25) is 0 Å². The smallest absolute Gasteiger partial charge is 0.252 e. The maximum atomic E-state index is 12.2. The summed E-state index contributed by atoms with van der Waals surface area (Å²) in [6, 6.07) is 6.07. The summed E-state index contributed by atoms with van der Waals surface area (Å²) in [6.45, 7) is 4.74. The fraction of sp³-hybridized carbons (Fsp3) is 0.368. The molecule has 1 fully saturated rings. The van der Waals surface area contributed by atoms with Crippen LogP contribution in [0.3, 0.4) is 0 Å². The van der Waals surface area contributed by atoms with E-state index >= 15 is 0 Å². The number of likely N-dealkylation sites (tertiary alicyclic amines) is 1. The molecule has 0 atom stereocenters. The lowest BCUT2D eigenvalue weighted by Gasteiger charge is -2.31. The molecule has 7 heteroatoms. The zero-order valence-corrected chi connectivity index (χ0v) is 16.2. The van der Waals surface area contributed by atoms with Crippen molar-refractivity contribution in [1.29, 1.82) is 0 Å². The van der Waals surface area contributed by atoms with Gasteiger partial charge in [0.1, 0.15) is 5.76 Å². The van der Waals surface area contributed by atoms with Crippen molar-refractivity contribution in [3.8, 4) is 10.8 Å². The van der Waals surface area contributed by atoms with Crippen molar-refractivity contribution in [2.75, 3.05) is 13.1 Å². The van der Waals surface area contributed by atoms with Crippen LogP contribution in [0.4, 0.5) is 0 Å². The van der Waals surface area contributed by atoms with Crippen molar-refractivity contribution in [2.45, 2.75) is 32.4 Å². The molecule has 0 unspecified atom stereocenters. The van der Waals surface area contributed by atoms with E-state index in [2.05, 4.69) is 15.6 Å². The highest BCUT2D eigenvalue weighted by Gasteiger charge is 2.22. The average Bonchev–Trinajstić information content (AvgIpc) is 3.38. The van der Waals surface area contributed by atoms with Gasteiger partial charge in [0.15, 0.2) is 10.8 Å². The largest absolute Gasteiger partial charge is 0.459 e. The molecule has 1 aliphatic heterocycles. The monoisotopic (exact) mass is 387 g/mol. The van der Waals surface area contributed by atoms with Crippen molar-refractivity contribution in [3.05, 3.63) is 51.4 Å². The minimum Gasteiger partial charge on any atom is -0.459 e. The zero-order chi connectivity index (χ0) is 17.9. The molecule has 3 aromatic heterocycles. The highest BCUT2D eigenvalue weighted by molar-refractivity contribution is 7.13. The molecule has 0 saturated carbocycles. The Morgan fingerprint density at radius 1 is 1.31 bits per heavy atom. The van der Waals surface area contributed by atoms with E-state index in [-0.39, 0.29) is 11.9 Å². The first-order chi connectivity index (χ1) is 12.7. The zero-order valence-electron chi connectivity index (χ0n) is 14.6. The molecule has 1 saturated heterocycles. The van der Waals surface area contributed by atoms with Gasteiger partial charge in [0.2, 0.25) is 0 Å². The highest BCUT2D eigenvalue weighted by atomic mass is 32.1. The third kappa shape index (κ3) is 4.06. The molecule has 26 heavy (non-hydrogen) atoms. The van der Waals surface area contributed by atoms with Crippen molar-refractivity contribution >= 4 is 28.6 Å². The number of carbonyl (C=O) groups is 1. The van der Waals surface area contributed by atoms with Crippen LogP contribution in [0, 0.1) is 6.92 Å². The summed E-state index contributed by atoms with van der Waals surface area (Å²) < 4.78 is 5.65. The maximum Gasteiger partial charge on any atom is 0.252 e. The molecule has 0 aromatic carbocycles. The minimum absolute atomic E-state index is 0.0441. The second kappa shape index (κ2) is 7.73. The van der Waals surface area contributed by atoms with E-state index < -0.39 is 0 Å². The van der Waals surface area contributed by atoms with E-state index in [1.165, 1.54) is 0 Å². The normalized spacial score (nSPS) is 16.0. The first-order valence-electron chi connectivity index (χ1n) is 8.74. The number of hydrogen-bond acceptors (Lipinski definition) is 6. The number of nitrogens with one attached hydrogen (secondary N) is 1. The fourth-order valence-corrected chi connectivity index (χ4v) is 4.58. The molecule has 1 amide bonds. The number of aromatic nitrogens is 1. The van der Waals surface area contributed by atoms with Crippen LogP contribution in [-0.4, -0.2) is 34.9 Å². The number of carbonyl (C=O) groups excluding carboxylic acids is 1. The van der Waals surface area contributed by atoms with Crippen molar-refractivity contribution in [3.63, 3.8) is 0 Å². The standard InChI is InChI=1S/C19H21N3O2S2/c1-13-2-3-17(24-13)19-21-16(12-26-19)10-22-7-4-15(5-8-22)20-18(23)14-6-9-25-11-14/h2-3,6,9,11-12,15H,4-5,7-8,10H2,1H3,(H,20,23). The maximum absolute atomic E-state index is 12.2. The van der Waals surface area contributed by atoms with Gasteiger partial charge in [-0.1, -0.05) is 0 Å². The van der Waals surface area contributed by atoms with Gasteiger partial charge in [-0.05, 0) is 43.3 Å². The van der Waals surface area contributed by atoms with Crippen molar-refractivity contribution in [2.24, 2.45) is 0 Å². The Morgan fingerprint density at radius 2 is 2.15 bits per heavy atom. The first kappa shape index (κ1) is 17.5. The van der Waals surface area contributed by atoms with Crippen molar-refractivity contribution < 1.29 is 9.21 Å². The summed E-state index contributed by atoms with van der Waals surface area (Å²) in [4.78, 5) is 19.3. The summed E-state index contributed by atoms with van der Waals surface area (Å²) in [5.41, 5.74) is 1.85. The molecular weight excluding hydrogens is 366 g/mol. The van der Waals surface area contributed by atoms with Gasteiger partial charge in [0, 0.05) is 42.0 Å². The van der Waals surface area contributed by atoms with Crippen LogP contribution < -0.4 is 5.32 Å². The number of hydrogen-bond donors (Lipinski definition) is 1. The average molecular weight is 388 g/mol. The van der Waals surface area contributed by atoms with Crippen LogP contribution in [0.25, 0.3) is 10.8 Å². The predicted octanol–water partition coefficient (Wildman–Crippen LogP) is 4.17. The molecule has 136 valence electrons. The molecule has 0 aliphatic carbocycles. The third-order valence-corrected chi connectivity index (χ3v) is 6.18. The van der Waals surface area contributed by atoms with Gasteiger partial charge in [0.05, 0.1) is 5.69 Å². The second-order valence-corrected chi connectivity index (χ2v) is 8.23. The van der Waals surface area contributed by atoms with Gasteiger partial charge >= 0.3 is 0 Å². The number of aryl methyl sites for hydroxylation is 1. The Kier molecular flexibility index (Phi) is 5.19. The van der Waals surface area contributed by atoms with Gasteiger partial charge in [-0.2, -0.15) is 11.3 Å². The van der Waals surface area contributed by atoms with Gasteiger partial charge < -0.3 is 9.73 Å². The Balaban J connectivity index is 1.27. The van der Waals surface area contributed by atoms with Gasteiger partial charge in [0.25, 0.3) is 5.91 Å². The number of nitrogens with zero attached hydrogens (tertiary/aromatic N) is 2. The Hall–Kier alpha value is -1.96. The minimum atomic E-state index is 0.0441. The SMILES string of the molecule is Cc1ccc(-c2nc(CN3CCC(NC(=O)c4ccsc4)CC3)cs2)o1. The topological polar surface area (TPSA) is 58.4 Å². The Labute approximate surface area is 160 Å². The van der Waals surface area contributed by atoms with E-state index in [1.54, 1.807) is 22.7 Å². The van der Waals surface area contributed by atoms with Crippen molar-refractivity contribution in [1.82, 2.24) is 15.2 Å². The molecule has 1 aliphatic rings. The van der Waals surface area contributed by atoms with E-state index in [0.29, 0.717) is 0 Å². The number of rotatable bonds is 5. The van der Waals surface area contributed by atoms with Crippen LogP contribution in [-0.2, 0) is 6.54 Å². The van der Waals surface area contributed by atoms with E-state index in [1.807, 2.05) is 35.9 Å². The van der Waals surface area contributed by atoms with Crippen LogP contribution >= 0.6 is 22.7 Å². The molecule has 5 nitrogen and oxygen atoms in total. The first-order valence-corrected chi connectivity index (χ1v) is 10.6. The molecule has 0 radical (unpaired) electrons. The van der Waals surface area contributed by atoms with Crippen LogP contribution in [0.1, 0.15) is 34.7 Å². The van der Waals surface area contributed by atoms with Crippen LogP contribution in [0.15, 0.2) is 38.8 Å². The number of thiazole rings is 1. The summed E-state index contributed by atoms with van der Waals surface area (Å²) >= 11 is 3.18. The summed E-state index contributed by atoms with van der Waals surface area (Å²) in [6.07, 6.45) is 1.95. The highest BCUT2D eigenvalue weighted by Crippen LogP contribution is 2.26. The van der Waals surface area contributed by atoms with Gasteiger partial charge in [-0.3, -0.25) is 9.69 Å². The lowest BCUT2D eigenvalue weighted by atomic mass is 10.0. The lowest BCUT2D eigenvalue weighted by Crippen LogP contribution is -2.44. The predicted molar refractivity (Wildman–Crippen MR) is 105 cm³/mol. The number of piperidine rings is 1. The summed E-state index contributed by atoms with van der Waals surface area (Å²) in [7, 11) is 0. The Bertz CT molecular complexity index is 861. The lowest BCUT2D eigenvalue weighted by molar-refractivity contribution is 0.0909. The van der Waals surface area contributed by atoms with E-state index in [0.717, 1.165) is 60.3 Å². The summed E-state index contributed by atoms with van der Waals surface area (Å²) in [5, 5.41) is 10.0. The number of amides is 1. The third-order valence-electron chi connectivity index (χ3n) is 4.59. The molecule has 3 aromatic rings. The van der Waals surface area contributed by atoms with E-state index in [4.69, 9.17) is 9.40 Å². The molecule has 4 rings (SSSR count). The van der Waals surface area contributed by atoms with E-state index in [9.17, 15) is 4.79 Å². The summed E-state index contributed by atoms with van der Waals surface area (Å²) in [5.74, 6) is 1.79. The number of thiophene rings is 1. The molecule has 0 bridgehead atoms. The van der Waals surface area contributed by atoms with Gasteiger partial charge in [-0.25, -0.2) is 4.98 Å².